The highest BCUT2D eigenvalue weighted by Gasteiger charge is 2.07. The Morgan fingerprint density at radius 1 is 1.35 bits per heavy atom. The number of aromatic nitrogens is 2. The van der Waals surface area contributed by atoms with E-state index < -0.39 is 0 Å². The van der Waals surface area contributed by atoms with Crippen LogP contribution < -0.4 is 5.32 Å². The van der Waals surface area contributed by atoms with Gasteiger partial charge >= 0.3 is 0 Å². The standard InChI is InChI=1S/C15H19N3OS/c1-11(2)17-14(19)13-6-4-12(5-7-13)10-20-15-16-8-9-18(15)3/h4-9,11H,10H2,1-3H3,(H,17,19). The van der Waals surface area contributed by atoms with Gasteiger partial charge in [-0.2, -0.15) is 0 Å². The summed E-state index contributed by atoms with van der Waals surface area (Å²) in [5.74, 6) is 0.819. The Balaban J connectivity index is 1.95. The van der Waals surface area contributed by atoms with Gasteiger partial charge < -0.3 is 9.88 Å². The second-order valence-corrected chi connectivity index (χ2v) is 5.88. The van der Waals surface area contributed by atoms with E-state index in [0.717, 1.165) is 10.9 Å². The fraction of sp³-hybridized carbons (Fsp3) is 0.333. The summed E-state index contributed by atoms with van der Waals surface area (Å²) >= 11 is 1.68. The van der Waals surface area contributed by atoms with E-state index in [1.54, 1.807) is 18.0 Å². The summed E-state index contributed by atoms with van der Waals surface area (Å²) in [6.07, 6.45) is 3.73. The summed E-state index contributed by atoms with van der Waals surface area (Å²) < 4.78 is 2.00. The van der Waals surface area contributed by atoms with Crippen molar-refractivity contribution >= 4 is 17.7 Å². The highest BCUT2D eigenvalue weighted by atomic mass is 32.2. The monoisotopic (exact) mass is 289 g/mol. The fourth-order valence-electron chi connectivity index (χ4n) is 1.74. The number of carbonyl (C=O) groups excluding carboxylic acids is 1. The molecule has 0 aliphatic heterocycles. The SMILES string of the molecule is CC(C)NC(=O)c1ccc(CSc2nccn2C)cc1. The predicted octanol–water partition coefficient (Wildman–Crippen LogP) is 2.85. The van der Waals surface area contributed by atoms with Crippen molar-refractivity contribution in [2.75, 3.05) is 0 Å². The van der Waals surface area contributed by atoms with Gasteiger partial charge in [0.1, 0.15) is 0 Å². The molecule has 0 unspecified atom stereocenters. The molecule has 0 fully saturated rings. The maximum absolute atomic E-state index is 11.8. The van der Waals surface area contributed by atoms with Crippen molar-refractivity contribution in [2.45, 2.75) is 30.8 Å². The van der Waals surface area contributed by atoms with Crippen LogP contribution in [0.4, 0.5) is 0 Å². The second-order valence-electron chi connectivity index (χ2n) is 4.93. The van der Waals surface area contributed by atoms with Crippen LogP contribution in [0.25, 0.3) is 0 Å². The lowest BCUT2D eigenvalue weighted by Gasteiger charge is -2.08. The molecule has 0 saturated carbocycles. The van der Waals surface area contributed by atoms with Gasteiger partial charge in [0.2, 0.25) is 0 Å². The molecule has 0 aliphatic rings. The Bertz CT molecular complexity index is 575. The largest absolute Gasteiger partial charge is 0.350 e. The van der Waals surface area contributed by atoms with E-state index in [4.69, 9.17) is 0 Å². The van der Waals surface area contributed by atoms with Gasteiger partial charge in [-0.05, 0) is 31.5 Å². The summed E-state index contributed by atoms with van der Waals surface area (Å²) in [5.41, 5.74) is 1.88. The summed E-state index contributed by atoms with van der Waals surface area (Å²) in [6.45, 7) is 3.91. The zero-order valence-corrected chi connectivity index (χ0v) is 12.8. The Morgan fingerprint density at radius 2 is 2.05 bits per heavy atom. The first-order valence-electron chi connectivity index (χ1n) is 6.56. The number of aryl methyl sites for hydroxylation is 1. The highest BCUT2D eigenvalue weighted by Crippen LogP contribution is 2.20. The first-order valence-corrected chi connectivity index (χ1v) is 7.54. The molecule has 0 atom stereocenters. The van der Waals surface area contributed by atoms with Gasteiger partial charge in [-0.1, -0.05) is 23.9 Å². The first-order chi connectivity index (χ1) is 9.56. The number of thioether (sulfide) groups is 1. The van der Waals surface area contributed by atoms with Crippen LogP contribution in [-0.4, -0.2) is 21.5 Å². The van der Waals surface area contributed by atoms with Crippen LogP contribution in [0.5, 0.6) is 0 Å². The Kier molecular flexibility index (Phi) is 4.84. The molecule has 0 aliphatic carbocycles. The lowest BCUT2D eigenvalue weighted by Crippen LogP contribution is -2.29. The molecule has 1 amide bonds. The Labute approximate surface area is 123 Å². The molecule has 0 radical (unpaired) electrons. The normalized spacial score (nSPS) is 10.8. The number of hydrogen-bond donors (Lipinski definition) is 1. The van der Waals surface area contributed by atoms with E-state index in [1.165, 1.54) is 5.56 Å². The van der Waals surface area contributed by atoms with Gasteiger partial charge in [-0.25, -0.2) is 4.98 Å². The summed E-state index contributed by atoms with van der Waals surface area (Å²) in [7, 11) is 1.98. The van der Waals surface area contributed by atoms with E-state index in [2.05, 4.69) is 10.3 Å². The highest BCUT2D eigenvalue weighted by molar-refractivity contribution is 7.98. The minimum absolute atomic E-state index is 0.0247. The van der Waals surface area contributed by atoms with E-state index >= 15 is 0 Å². The summed E-state index contributed by atoms with van der Waals surface area (Å²) in [6, 6.07) is 7.87. The Morgan fingerprint density at radius 3 is 2.60 bits per heavy atom. The van der Waals surface area contributed by atoms with Crippen molar-refractivity contribution in [3.8, 4) is 0 Å². The van der Waals surface area contributed by atoms with Crippen LogP contribution in [-0.2, 0) is 12.8 Å². The lowest BCUT2D eigenvalue weighted by atomic mass is 10.1. The molecular formula is C15H19N3OS. The number of hydrogen-bond acceptors (Lipinski definition) is 3. The molecular weight excluding hydrogens is 270 g/mol. The maximum Gasteiger partial charge on any atom is 0.251 e. The van der Waals surface area contributed by atoms with Gasteiger partial charge in [-0.15, -0.1) is 0 Å². The van der Waals surface area contributed by atoms with Gasteiger partial charge in [0.05, 0.1) is 0 Å². The number of imidazole rings is 1. The van der Waals surface area contributed by atoms with Crippen LogP contribution in [0.3, 0.4) is 0 Å². The van der Waals surface area contributed by atoms with Crippen LogP contribution in [0, 0.1) is 0 Å². The number of amides is 1. The smallest absolute Gasteiger partial charge is 0.251 e. The molecule has 1 aromatic heterocycles. The topological polar surface area (TPSA) is 46.9 Å². The molecule has 4 nitrogen and oxygen atoms in total. The number of nitrogens with one attached hydrogen (secondary N) is 1. The zero-order chi connectivity index (χ0) is 14.5. The van der Waals surface area contributed by atoms with Crippen molar-refractivity contribution in [2.24, 2.45) is 7.05 Å². The average molecular weight is 289 g/mol. The van der Waals surface area contributed by atoms with Crippen LogP contribution >= 0.6 is 11.8 Å². The third-order valence-corrected chi connectivity index (χ3v) is 3.91. The third kappa shape index (κ3) is 3.87. The van der Waals surface area contributed by atoms with Crippen molar-refractivity contribution in [3.63, 3.8) is 0 Å². The van der Waals surface area contributed by atoms with Gasteiger partial charge in [-0.3, -0.25) is 4.79 Å². The molecule has 0 saturated heterocycles. The molecule has 5 heteroatoms. The van der Waals surface area contributed by atoms with Gasteiger partial charge in [0, 0.05) is 36.8 Å². The van der Waals surface area contributed by atoms with Crippen molar-refractivity contribution in [3.05, 3.63) is 47.8 Å². The van der Waals surface area contributed by atoms with Crippen LogP contribution in [0.2, 0.25) is 0 Å². The van der Waals surface area contributed by atoms with E-state index in [0.29, 0.717) is 5.56 Å². The van der Waals surface area contributed by atoms with Crippen LogP contribution in [0.15, 0.2) is 41.8 Å². The molecule has 2 rings (SSSR count). The van der Waals surface area contributed by atoms with E-state index in [1.807, 2.05) is 55.9 Å². The van der Waals surface area contributed by atoms with Crippen molar-refractivity contribution in [1.82, 2.24) is 14.9 Å². The molecule has 0 bridgehead atoms. The van der Waals surface area contributed by atoms with Gasteiger partial charge in [0.25, 0.3) is 5.91 Å². The third-order valence-electron chi connectivity index (χ3n) is 2.78. The van der Waals surface area contributed by atoms with Crippen LogP contribution in [0.1, 0.15) is 29.8 Å². The molecule has 1 aromatic carbocycles. The Hall–Kier alpha value is -1.75. The second kappa shape index (κ2) is 6.61. The molecule has 106 valence electrons. The molecule has 2 aromatic rings. The first kappa shape index (κ1) is 14.7. The lowest BCUT2D eigenvalue weighted by molar-refractivity contribution is 0.0943. The molecule has 20 heavy (non-hydrogen) atoms. The minimum atomic E-state index is -0.0247. The number of carbonyl (C=O) groups is 1. The predicted molar refractivity (Wildman–Crippen MR) is 81.8 cm³/mol. The zero-order valence-electron chi connectivity index (χ0n) is 12.0. The number of benzene rings is 1. The molecule has 0 spiro atoms. The van der Waals surface area contributed by atoms with Gasteiger partial charge in [0.15, 0.2) is 5.16 Å². The summed E-state index contributed by atoms with van der Waals surface area (Å²) in [4.78, 5) is 16.1. The number of nitrogens with zero attached hydrogens (tertiary/aromatic N) is 2. The van der Waals surface area contributed by atoms with Crippen molar-refractivity contribution < 1.29 is 4.79 Å². The molecule has 1 N–H and O–H groups in total. The minimum Gasteiger partial charge on any atom is -0.350 e. The fourth-order valence-corrected chi connectivity index (χ4v) is 2.62. The van der Waals surface area contributed by atoms with E-state index in [-0.39, 0.29) is 11.9 Å². The quantitative estimate of drug-likeness (QED) is 0.861. The average Bonchev–Trinajstić information content (AvgIpc) is 2.82. The van der Waals surface area contributed by atoms with E-state index in [9.17, 15) is 4.79 Å². The molecule has 1 heterocycles. The number of rotatable bonds is 5. The summed E-state index contributed by atoms with van der Waals surface area (Å²) in [5, 5.41) is 3.88. The maximum atomic E-state index is 11.8. The van der Waals surface area contributed by atoms with Crippen molar-refractivity contribution in [1.29, 1.82) is 0 Å².